The number of rotatable bonds is 7. The number of carbonyl (C=O) groups excluding carboxylic acids is 2. The Morgan fingerprint density at radius 2 is 1.35 bits per heavy atom. The summed E-state index contributed by atoms with van der Waals surface area (Å²) in [6.45, 7) is 0. The van der Waals surface area contributed by atoms with Crippen molar-refractivity contribution < 1.29 is 14.3 Å². The van der Waals surface area contributed by atoms with E-state index in [1.807, 2.05) is 36.4 Å². The van der Waals surface area contributed by atoms with Gasteiger partial charge in [-0.2, -0.15) is 0 Å². The zero-order valence-corrected chi connectivity index (χ0v) is 14.9. The summed E-state index contributed by atoms with van der Waals surface area (Å²) in [5.74, 6) is -0.991. The Balaban J connectivity index is 0.000000475. The number of hydrogen-bond acceptors (Lipinski definition) is 5. The van der Waals surface area contributed by atoms with E-state index in [-0.39, 0.29) is 18.9 Å². The summed E-state index contributed by atoms with van der Waals surface area (Å²) in [5, 5.41) is 2.74. The first-order valence-electron chi connectivity index (χ1n) is 7.58. The Hall–Kier alpha value is -2.55. The molecule has 2 aromatic rings. The average Bonchev–Trinajstić information content (AvgIpc) is 2.63. The van der Waals surface area contributed by atoms with Crippen LogP contribution in [0.2, 0.25) is 0 Å². The summed E-state index contributed by atoms with van der Waals surface area (Å²) in [6, 6.07) is 16.8. The van der Waals surface area contributed by atoms with E-state index in [0.717, 1.165) is 11.1 Å². The molecule has 0 saturated heterocycles. The van der Waals surface area contributed by atoms with E-state index < -0.39 is 23.9 Å². The number of halogens is 1. The standard InChI is InChI=1S/C9H11BN2O2.C8H10N2O.ClH/c11-9(13)8(12-6-10-14)7-4-2-1-3-5-7;9-7(8(10)11)6-4-2-1-3-5-6;/h1-5,8,12H,6H2,(H2,11,13);1-5,7H,9H2,(H2,10,11);1H. The fourth-order valence-corrected chi connectivity index (χ4v) is 2.02. The Bertz CT molecular complexity index is 689. The fraction of sp³-hybridized carbons (Fsp3) is 0.176. The van der Waals surface area contributed by atoms with Gasteiger partial charge in [0.1, 0.15) is 6.04 Å². The number of primary amides is 2. The zero-order valence-electron chi connectivity index (χ0n) is 14.1. The SMILES string of the molecule is Cl.NC(=O)C(N)c1ccccc1.NC(=O)C(NCB=O)c1ccccc1. The molecule has 0 saturated carbocycles. The summed E-state index contributed by atoms with van der Waals surface area (Å²) in [7, 11) is 0.693. The quantitative estimate of drug-likeness (QED) is 0.518. The first-order chi connectivity index (χ1) is 12.0. The molecule has 2 rings (SSSR count). The van der Waals surface area contributed by atoms with E-state index in [9.17, 15) is 14.3 Å². The third-order valence-corrected chi connectivity index (χ3v) is 3.29. The number of hydrogen-bond donors (Lipinski definition) is 4. The van der Waals surface area contributed by atoms with Crippen LogP contribution < -0.4 is 22.5 Å². The molecule has 7 N–H and O–H groups in total. The van der Waals surface area contributed by atoms with Crippen LogP contribution in [0.5, 0.6) is 0 Å². The number of nitrogens with one attached hydrogen (secondary N) is 1. The van der Waals surface area contributed by atoms with Gasteiger partial charge in [0.2, 0.25) is 5.91 Å². The van der Waals surface area contributed by atoms with E-state index in [1.54, 1.807) is 24.3 Å². The van der Waals surface area contributed by atoms with Crippen LogP contribution in [0.15, 0.2) is 60.7 Å². The third-order valence-electron chi connectivity index (χ3n) is 3.29. The van der Waals surface area contributed by atoms with Crippen LogP contribution in [0.25, 0.3) is 0 Å². The second-order valence-electron chi connectivity index (χ2n) is 5.11. The van der Waals surface area contributed by atoms with Crippen molar-refractivity contribution in [3.8, 4) is 0 Å². The van der Waals surface area contributed by atoms with Crippen LogP contribution >= 0.6 is 12.4 Å². The molecule has 138 valence electrons. The molecule has 0 bridgehead atoms. The first kappa shape index (κ1) is 23.5. The summed E-state index contributed by atoms with van der Waals surface area (Å²) >= 11 is 0. The topological polar surface area (TPSA) is 141 Å². The molecule has 0 radical (unpaired) electrons. The maximum absolute atomic E-state index is 11.0. The fourth-order valence-electron chi connectivity index (χ4n) is 2.02. The molecule has 0 aliphatic heterocycles. The Morgan fingerprint density at radius 1 is 0.885 bits per heavy atom. The van der Waals surface area contributed by atoms with E-state index >= 15 is 0 Å². The van der Waals surface area contributed by atoms with Crippen LogP contribution in [0, 0.1) is 0 Å². The van der Waals surface area contributed by atoms with Crippen LogP contribution in [-0.4, -0.2) is 25.4 Å². The van der Waals surface area contributed by atoms with Gasteiger partial charge in [-0.1, -0.05) is 30.3 Å². The molecule has 2 aromatic carbocycles. The van der Waals surface area contributed by atoms with Crippen LogP contribution in [0.3, 0.4) is 0 Å². The minimum atomic E-state index is -0.684. The number of benzene rings is 2. The molecule has 2 unspecified atom stereocenters. The summed E-state index contributed by atoms with van der Waals surface area (Å²) < 4.78 is 10.1. The Kier molecular flexibility index (Phi) is 11.5. The van der Waals surface area contributed by atoms with Gasteiger partial charge in [-0.15, -0.1) is 12.4 Å². The second-order valence-corrected chi connectivity index (χ2v) is 5.11. The molecule has 0 spiro atoms. The van der Waals surface area contributed by atoms with Crippen molar-refractivity contribution in [2.75, 3.05) is 6.44 Å². The first-order valence-corrected chi connectivity index (χ1v) is 7.58. The molecule has 0 heterocycles. The Morgan fingerprint density at radius 3 is 1.73 bits per heavy atom. The minimum absolute atomic E-state index is 0. The van der Waals surface area contributed by atoms with Gasteiger partial charge in [-0.3, -0.25) is 4.79 Å². The van der Waals surface area contributed by atoms with Gasteiger partial charge < -0.3 is 11.5 Å². The Labute approximate surface area is 159 Å². The van der Waals surface area contributed by atoms with Crippen molar-refractivity contribution in [3.05, 3.63) is 71.8 Å². The van der Waals surface area contributed by atoms with Crippen LogP contribution in [0.4, 0.5) is 0 Å². The van der Waals surface area contributed by atoms with Crippen LogP contribution in [-0.2, 0) is 14.3 Å². The van der Waals surface area contributed by atoms with Crippen molar-refractivity contribution in [3.63, 3.8) is 0 Å². The molecule has 0 aliphatic carbocycles. The predicted molar refractivity (Wildman–Crippen MR) is 103 cm³/mol. The second kappa shape index (κ2) is 12.8. The monoisotopic (exact) mass is 376 g/mol. The molecule has 0 fully saturated rings. The molecule has 7 nitrogen and oxygen atoms in total. The van der Waals surface area contributed by atoms with Crippen molar-refractivity contribution >= 4 is 31.4 Å². The summed E-state index contributed by atoms with van der Waals surface area (Å²) in [6.07, 6.45) is 0.114. The molecule has 26 heavy (non-hydrogen) atoms. The van der Waals surface area contributed by atoms with Crippen molar-refractivity contribution in [2.45, 2.75) is 12.1 Å². The maximum atomic E-state index is 11.0. The van der Waals surface area contributed by atoms with Gasteiger partial charge in [0.25, 0.3) is 0 Å². The van der Waals surface area contributed by atoms with Gasteiger partial charge >= 0.3 is 82.0 Å². The van der Waals surface area contributed by atoms with E-state index in [0.29, 0.717) is 7.15 Å². The zero-order chi connectivity index (χ0) is 18.7. The predicted octanol–water partition coefficient (Wildman–Crippen LogP) is 0.403. The number of carbonyl (C=O) groups is 2. The van der Waals surface area contributed by atoms with Gasteiger partial charge in [0.15, 0.2) is 0 Å². The van der Waals surface area contributed by atoms with E-state index in [2.05, 4.69) is 5.32 Å². The average molecular weight is 377 g/mol. The van der Waals surface area contributed by atoms with Gasteiger partial charge in [-0.05, 0) is 5.56 Å². The summed E-state index contributed by atoms with van der Waals surface area (Å²) in [5.41, 5.74) is 17.2. The van der Waals surface area contributed by atoms with Gasteiger partial charge in [-0.25, -0.2) is 0 Å². The molecule has 0 aromatic heterocycles. The number of nitrogens with two attached hydrogens (primary N) is 3. The molecule has 2 atom stereocenters. The summed E-state index contributed by atoms with van der Waals surface area (Å²) in [4.78, 5) is 21.6. The van der Waals surface area contributed by atoms with Crippen molar-refractivity contribution in [2.24, 2.45) is 17.2 Å². The molecule has 9 heteroatoms. The molecule has 0 aliphatic rings. The van der Waals surface area contributed by atoms with Gasteiger partial charge in [0, 0.05) is 0 Å². The van der Waals surface area contributed by atoms with Crippen LogP contribution in [0.1, 0.15) is 23.2 Å². The number of amides is 2. The third kappa shape index (κ3) is 8.02. The molecular formula is C17H22BClN4O3. The van der Waals surface area contributed by atoms with Crippen molar-refractivity contribution in [1.82, 2.24) is 5.32 Å². The normalized spacial score (nSPS) is 11.6. The van der Waals surface area contributed by atoms with Crippen molar-refractivity contribution in [1.29, 1.82) is 0 Å². The van der Waals surface area contributed by atoms with Gasteiger partial charge in [0.05, 0.1) is 0 Å². The molecular weight excluding hydrogens is 354 g/mol. The van der Waals surface area contributed by atoms with E-state index in [1.165, 1.54) is 0 Å². The molecule has 2 amide bonds. The van der Waals surface area contributed by atoms with E-state index in [4.69, 9.17) is 17.2 Å².